The number of benzene rings is 1. The number of nitrogens with zero attached hydrogens (tertiary/aromatic N) is 1. The van der Waals surface area contributed by atoms with Crippen LogP contribution in [0, 0.1) is 0 Å². The van der Waals surface area contributed by atoms with Gasteiger partial charge in [0.1, 0.15) is 5.78 Å². The fourth-order valence-electron chi connectivity index (χ4n) is 1.29. The van der Waals surface area contributed by atoms with E-state index in [-0.39, 0.29) is 17.9 Å². The van der Waals surface area contributed by atoms with Crippen LogP contribution < -0.4 is 5.43 Å². The summed E-state index contributed by atoms with van der Waals surface area (Å²) in [4.78, 5) is 21.7. The SMILES string of the molecule is CC(=O)CC(=O)C=NNc1ccccc1C(F)(F)F. The lowest BCUT2D eigenvalue weighted by Crippen LogP contribution is -2.10. The fraction of sp³-hybridized carbons (Fsp3) is 0.250. The van der Waals surface area contributed by atoms with Gasteiger partial charge in [0, 0.05) is 0 Å². The Hall–Kier alpha value is -2.18. The summed E-state index contributed by atoms with van der Waals surface area (Å²) in [5, 5.41) is 3.39. The van der Waals surface area contributed by atoms with E-state index >= 15 is 0 Å². The molecule has 0 saturated heterocycles. The zero-order chi connectivity index (χ0) is 14.5. The minimum absolute atomic E-state index is 0.262. The summed E-state index contributed by atoms with van der Waals surface area (Å²) in [5.41, 5.74) is 0.996. The molecule has 0 amide bonds. The average Bonchev–Trinajstić information content (AvgIpc) is 2.27. The molecule has 0 unspecified atom stereocenters. The monoisotopic (exact) mass is 272 g/mol. The van der Waals surface area contributed by atoms with Crippen LogP contribution >= 0.6 is 0 Å². The number of carbonyl (C=O) groups excluding carboxylic acids is 2. The van der Waals surface area contributed by atoms with Crippen LogP contribution in [-0.4, -0.2) is 17.8 Å². The molecule has 1 N–H and O–H groups in total. The third-order valence-electron chi connectivity index (χ3n) is 2.05. The average molecular weight is 272 g/mol. The molecule has 1 aromatic carbocycles. The molecule has 0 atom stereocenters. The number of halogens is 3. The van der Waals surface area contributed by atoms with Gasteiger partial charge in [-0.15, -0.1) is 0 Å². The van der Waals surface area contributed by atoms with Crippen LogP contribution in [0.15, 0.2) is 29.4 Å². The number of hydrogen-bond acceptors (Lipinski definition) is 4. The van der Waals surface area contributed by atoms with Gasteiger partial charge in [-0.3, -0.25) is 15.0 Å². The van der Waals surface area contributed by atoms with Crippen molar-refractivity contribution in [2.24, 2.45) is 5.10 Å². The van der Waals surface area contributed by atoms with Crippen LogP contribution in [0.25, 0.3) is 0 Å². The molecule has 0 aliphatic rings. The molecular formula is C12H11F3N2O2. The number of para-hydroxylation sites is 1. The number of rotatable bonds is 5. The molecular weight excluding hydrogens is 261 g/mol. The van der Waals surface area contributed by atoms with Crippen LogP contribution in [0.3, 0.4) is 0 Å². The van der Waals surface area contributed by atoms with Crippen molar-refractivity contribution in [1.82, 2.24) is 0 Å². The molecule has 0 heterocycles. The largest absolute Gasteiger partial charge is 0.418 e. The van der Waals surface area contributed by atoms with Gasteiger partial charge in [0.25, 0.3) is 0 Å². The number of alkyl halides is 3. The highest BCUT2D eigenvalue weighted by molar-refractivity contribution is 6.31. The van der Waals surface area contributed by atoms with Gasteiger partial charge >= 0.3 is 6.18 Å². The Morgan fingerprint density at radius 3 is 2.53 bits per heavy atom. The molecule has 1 aromatic rings. The van der Waals surface area contributed by atoms with Gasteiger partial charge in [-0.25, -0.2) is 0 Å². The number of hydrogen-bond donors (Lipinski definition) is 1. The lowest BCUT2D eigenvalue weighted by atomic mass is 10.2. The maximum absolute atomic E-state index is 12.6. The van der Waals surface area contributed by atoms with Crippen molar-refractivity contribution in [1.29, 1.82) is 0 Å². The van der Waals surface area contributed by atoms with Crippen molar-refractivity contribution < 1.29 is 22.8 Å². The Bertz CT molecular complexity index is 510. The van der Waals surface area contributed by atoms with E-state index in [1.807, 2.05) is 0 Å². The lowest BCUT2D eigenvalue weighted by Gasteiger charge is -2.11. The smallest absolute Gasteiger partial charge is 0.300 e. The highest BCUT2D eigenvalue weighted by Crippen LogP contribution is 2.34. The van der Waals surface area contributed by atoms with Crippen LogP contribution in [0.5, 0.6) is 0 Å². The van der Waals surface area contributed by atoms with Crippen molar-refractivity contribution in [3.63, 3.8) is 0 Å². The van der Waals surface area contributed by atoms with Crippen molar-refractivity contribution in [3.8, 4) is 0 Å². The molecule has 0 bridgehead atoms. The predicted molar refractivity (Wildman–Crippen MR) is 63.9 cm³/mol. The van der Waals surface area contributed by atoms with Gasteiger partial charge in [-0.1, -0.05) is 12.1 Å². The molecule has 0 fully saturated rings. The molecule has 4 nitrogen and oxygen atoms in total. The molecule has 102 valence electrons. The molecule has 0 saturated carbocycles. The fourth-order valence-corrected chi connectivity index (χ4v) is 1.29. The second-order valence-corrected chi connectivity index (χ2v) is 3.76. The maximum Gasteiger partial charge on any atom is 0.418 e. The number of anilines is 1. The van der Waals surface area contributed by atoms with Crippen molar-refractivity contribution in [3.05, 3.63) is 29.8 Å². The summed E-state index contributed by atoms with van der Waals surface area (Å²) in [7, 11) is 0. The van der Waals surface area contributed by atoms with Crippen LogP contribution in [0.2, 0.25) is 0 Å². The number of carbonyl (C=O) groups is 2. The molecule has 0 aromatic heterocycles. The van der Waals surface area contributed by atoms with E-state index in [0.29, 0.717) is 0 Å². The van der Waals surface area contributed by atoms with E-state index in [2.05, 4.69) is 10.5 Å². The molecule has 0 aliphatic carbocycles. The van der Waals surface area contributed by atoms with E-state index in [1.165, 1.54) is 25.1 Å². The zero-order valence-electron chi connectivity index (χ0n) is 9.99. The third-order valence-corrected chi connectivity index (χ3v) is 2.05. The number of ketones is 2. The van der Waals surface area contributed by atoms with E-state index in [4.69, 9.17) is 0 Å². The van der Waals surface area contributed by atoms with Crippen LogP contribution in [0.4, 0.5) is 18.9 Å². The Morgan fingerprint density at radius 2 is 1.95 bits per heavy atom. The first-order valence-electron chi connectivity index (χ1n) is 5.28. The van der Waals surface area contributed by atoms with Crippen LogP contribution in [-0.2, 0) is 15.8 Å². The summed E-state index contributed by atoms with van der Waals surface area (Å²) in [6.45, 7) is 1.23. The summed E-state index contributed by atoms with van der Waals surface area (Å²) in [6, 6.07) is 4.74. The van der Waals surface area contributed by atoms with Gasteiger partial charge in [0.05, 0.1) is 23.9 Å². The molecule has 19 heavy (non-hydrogen) atoms. The third kappa shape index (κ3) is 4.90. The van der Waals surface area contributed by atoms with Gasteiger partial charge < -0.3 is 0 Å². The summed E-state index contributed by atoms with van der Waals surface area (Å²) >= 11 is 0. The minimum Gasteiger partial charge on any atom is -0.300 e. The second-order valence-electron chi connectivity index (χ2n) is 3.76. The lowest BCUT2D eigenvalue weighted by molar-refractivity contribution is -0.137. The highest BCUT2D eigenvalue weighted by Gasteiger charge is 2.33. The normalized spacial score (nSPS) is 11.6. The zero-order valence-corrected chi connectivity index (χ0v) is 9.99. The van der Waals surface area contributed by atoms with Crippen molar-refractivity contribution in [2.45, 2.75) is 19.5 Å². The van der Waals surface area contributed by atoms with Crippen LogP contribution in [0.1, 0.15) is 18.9 Å². The quantitative estimate of drug-likeness (QED) is 0.509. The first-order valence-corrected chi connectivity index (χ1v) is 5.28. The molecule has 0 spiro atoms. The standard InChI is InChI=1S/C12H11F3N2O2/c1-8(18)6-9(19)7-16-17-11-5-3-2-4-10(11)12(13,14)15/h2-5,7,17H,6H2,1H3. The Labute approximate surface area is 107 Å². The van der Waals surface area contributed by atoms with E-state index in [0.717, 1.165) is 12.3 Å². The number of hydrazone groups is 1. The number of nitrogens with one attached hydrogen (secondary N) is 1. The highest BCUT2D eigenvalue weighted by atomic mass is 19.4. The van der Waals surface area contributed by atoms with Crippen molar-refractivity contribution in [2.75, 3.05) is 5.43 Å². The maximum atomic E-state index is 12.6. The first kappa shape index (κ1) is 14.9. The Balaban J connectivity index is 2.76. The van der Waals surface area contributed by atoms with E-state index < -0.39 is 17.5 Å². The number of Topliss-reactive ketones (excluding diaryl/α,β-unsaturated/α-hetero) is 2. The summed E-state index contributed by atoms with van der Waals surface area (Å²) in [6.07, 6.45) is -4.05. The summed E-state index contributed by atoms with van der Waals surface area (Å²) < 4.78 is 37.8. The minimum atomic E-state index is -4.51. The Kier molecular flexibility index (Phi) is 4.80. The topological polar surface area (TPSA) is 58.5 Å². The predicted octanol–water partition coefficient (Wildman–Crippen LogP) is 2.65. The molecule has 7 heteroatoms. The molecule has 1 rings (SSSR count). The van der Waals surface area contributed by atoms with Gasteiger partial charge in [-0.05, 0) is 19.1 Å². The second kappa shape index (κ2) is 6.12. The van der Waals surface area contributed by atoms with Gasteiger partial charge in [-0.2, -0.15) is 18.3 Å². The molecule has 0 aliphatic heterocycles. The molecule has 0 radical (unpaired) electrons. The van der Waals surface area contributed by atoms with E-state index in [9.17, 15) is 22.8 Å². The Morgan fingerprint density at radius 1 is 1.32 bits per heavy atom. The summed E-state index contributed by atoms with van der Waals surface area (Å²) in [5.74, 6) is -0.920. The van der Waals surface area contributed by atoms with E-state index in [1.54, 1.807) is 0 Å². The first-order chi connectivity index (χ1) is 8.80. The van der Waals surface area contributed by atoms with Crippen molar-refractivity contribution >= 4 is 23.5 Å². The van der Waals surface area contributed by atoms with Gasteiger partial charge in [0.15, 0.2) is 5.78 Å². The van der Waals surface area contributed by atoms with Gasteiger partial charge in [0.2, 0.25) is 0 Å².